The van der Waals surface area contributed by atoms with Gasteiger partial charge in [0, 0.05) is 16.2 Å². The van der Waals surface area contributed by atoms with Crippen molar-refractivity contribution in [3.05, 3.63) is 39.8 Å². The van der Waals surface area contributed by atoms with Crippen LogP contribution in [0.2, 0.25) is 0 Å². The fourth-order valence-corrected chi connectivity index (χ4v) is 0.998. The molecule has 0 aliphatic carbocycles. The summed E-state index contributed by atoms with van der Waals surface area (Å²) in [6.45, 7) is 2.14. The third-order valence-corrected chi connectivity index (χ3v) is 1.64. The summed E-state index contributed by atoms with van der Waals surface area (Å²) in [6, 6.07) is 5.65. The lowest BCUT2D eigenvalue weighted by molar-refractivity contribution is 1.25. The van der Waals surface area contributed by atoms with E-state index in [-0.39, 0.29) is 6.54 Å². The van der Waals surface area contributed by atoms with Crippen LogP contribution < -0.4 is 5.73 Å². The van der Waals surface area contributed by atoms with E-state index >= 15 is 0 Å². The molecule has 0 saturated carbocycles. The second kappa shape index (κ2) is 4.80. The van der Waals surface area contributed by atoms with Gasteiger partial charge in [0.05, 0.1) is 6.54 Å². The van der Waals surface area contributed by atoms with Crippen molar-refractivity contribution in [2.24, 2.45) is 5.11 Å². The summed E-state index contributed by atoms with van der Waals surface area (Å²) in [5.74, 6) is 5.55. The van der Waals surface area contributed by atoms with E-state index in [2.05, 4.69) is 21.9 Å². The van der Waals surface area contributed by atoms with Crippen molar-refractivity contribution in [3.63, 3.8) is 0 Å². The zero-order chi connectivity index (χ0) is 10.4. The van der Waals surface area contributed by atoms with E-state index in [4.69, 9.17) is 11.3 Å². The Balaban J connectivity index is 2.84. The number of benzene rings is 1. The van der Waals surface area contributed by atoms with Crippen molar-refractivity contribution in [2.45, 2.75) is 6.92 Å². The highest BCUT2D eigenvalue weighted by Crippen LogP contribution is 2.11. The minimum absolute atomic E-state index is 0.170. The van der Waals surface area contributed by atoms with E-state index in [0.717, 1.165) is 11.1 Å². The number of aryl methyl sites for hydroxylation is 1. The highest BCUT2D eigenvalue weighted by atomic mass is 15.1. The molecule has 1 aromatic rings. The smallest absolute Gasteiger partial charge is 0.0880 e. The topological polar surface area (TPSA) is 74.8 Å². The molecule has 0 aliphatic heterocycles. The maximum Gasteiger partial charge on any atom is 0.0880 e. The number of azide groups is 1. The molecule has 1 rings (SSSR count). The third kappa shape index (κ3) is 2.74. The maximum atomic E-state index is 8.02. The lowest BCUT2D eigenvalue weighted by atomic mass is 10.1. The summed E-state index contributed by atoms with van der Waals surface area (Å²) < 4.78 is 0. The molecule has 0 heterocycles. The van der Waals surface area contributed by atoms with Crippen molar-refractivity contribution >= 4 is 5.69 Å². The van der Waals surface area contributed by atoms with Gasteiger partial charge in [-0.25, -0.2) is 0 Å². The molecule has 70 valence electrons. The van der Waals surface area contributed by atoms with Gasteiger partial charge in [0.25, 0.3) is 0 Å². The molecule has 0 radical (unpaired) electrons. The first-order chi connectivity index (χ1) is 6.74. The van der Waals surface area contributed by atoms with Gasteiger partial charge in [-0.3, -0.25) is 0 Å². The first-order valence-electron chi connectivity index (χ1n) is 4.10. The molecule has 0 aliphatic rings. The Labute approximate surface area is 82.4 Å². The zero-order valence-corrected chi connectivity index (χ0v) is 7.86. The molecule has 1 aromatic carbocycles. The van der Waals surface area contributed by atoms with E-state index in [0.29, 0.717) is 5.69 Å². The van der Waals surface area contributed by atoms with Gasteiger partial charge in [0.1, 0.15) is 0 Å². The lowest BCUT2D eigenvalue weighted by Crippen LogP contribution is -1.90. The van der Waals surface area contributed by atoms with Crippen LogP contribution in [0, 0.1) is 18.8 Å². The molecule has 0 aromatic heterocycles. The van der Waals surface area contributed by atoms with Gasteiger partial charge in [0.15, 0.2) is 0 Å². The van der Waals surface area contributed by atoms with E-state index in [1.807, 2.05) is 25.1 Å². The summed E-state index contributed by atoms with van der Waals surface area (Å²) in [4.78, 5) is 2.59. The van der Waals surface area contributed by atoms with Crippen molar-refractivity contribution in [1.29, 1.82) is 0 Å². The minimum atomic E-state index is 0.170. The van der Waals surface area contributed by atoms with Crippen LogP contribution in [0.4, 0.5) is 5.69 Å². The molecular weight excluding hydrogens is 176 g/mol. The van der Waals surface area contributed by atoms with Gasteiger partial charge in [-0.2, -0.15) is 0 Å². The number of hydrogen-bond acceptors (Lipinski definition) is 2. The van der Waals surface area contributed by atoms with Crippen LogP contribution in [0.25, 0.3) is 10.4 Å². The highest BCUT2D eigenvalue weighted by Gasteiger charge is 1.93. The predicted molar refractivity (Wildman–Crippen MR) is 56.5 cm³/mol. The van der Waals surface area contributed by atoms with Gasteiger partial charge < -0.3 is 5.73 Å². The molecule has 4 nitrogen and oxygen atoms in total. The Kier molecular flexibility index (Phi) is 3.42. The van der Waals surface area contributed by atoms with E-state index in [9.17, 15) is 0 Å². The molecule has 0 saturated heterocycles. The van der Waals surface area contributed by atoms with Crippen molar-refractivity contribution < 1.29 is 0 Å². The summed E-state index contributed by atoms with van der Waals surface area (Å²) in [6.07, 6.45) is 0. The van der Waals surface area contributed by atoms with Crippen molar-refractivity contribution in [3.8, 4) is 11.8 Å². The SMILES string of the molecule is Cc1ccc(C#CCN=[N+]=[N-])c(N)c1. The van der Waals surface area contributed by atoms with Crippen LogP contribution in [-0.2, 0) is 0 Å². The monoisotopic (exact) mass is 186 g/mol. The number of nitrogens with two attached hydrogens (primary N) is 1. The molecule has 0 unspecified atom stereocenters. The largest absolute Gasteiger partial charge is 0.398 e. The molecule has 0 amide bonds. The van der Waals surface area contributed by atoms with Crippen LogP contribution in [0.3, 0.4) is 0 Å². The van der Waals surface area contributed by atoms with Gasteiger partial charge in [-0.05, 0) is 30.2 Å². The van der Waals surface area contributed by atoms with E-state index < -0.39 is 0 Å². The van der Waals surface area contributed by atoms with Gasteiger partial charge >= 0.3 is 0 Å². The Morgan fingerprint density at radius 3 is 3.00 bits per heavy atom. The van der Waals surface area contributed by atoms with Crippen LogP contribution in [0.15, 0.2) is 23.3 Å². The summed E-state index contributed by atoms with van der Waals surface area (Å²) in [5, 5.41) is 3.30. The van der Waals surface area contributed by atoms with Gasteiger partial charge in [0.2, 0.25) is 0 Å². The third-order valence-electron chi connectivity index (χ3n) is 1.64. The standard InChI is InChI=1S/C10H10N4/c1-8-4-5-9(10(11)7-8)3-2-6-13-14-12/h4-5,7H,6,11H2,1H3. The van der Waals surface area contributed by atoms with Crippen molar-refractivity contribution in [2.75, 3.05) is 12.3 Å². The average molecular weight is 186 g/mol. The van der Waals surface area contributed by atoms with Crippen LogP contribution in [0.1, 0.15) is 11.1 Å². The molecule has 2 N–H and O–H groups in total. The Morgan fingerprint density at radius 1 is 1.57 bits per heavy atom. The van der Waals surface area contributed by atoms with E-state index in [1.54, 1.807) is 0 Å². The van der Waals surface area contributed by atoms with Crippen LogP contribution in [-0.4, -0.2) is 6.54 Å². The van der Waals surface area contributed by atoms with Crippen LogP contribution in [0.5, 0.6) is 0 Å². The lowest BCUT2D eigenvalue weighted by Gasteiger charge is -1.98. The number of hydrogen-bond donors (Lipinski definition) is 1. The van der Waals surface area contributed by atoms with Crippen LogP contribution >= 0.6 is 0 Å². The Bertz CT molecular complexity index is 433. The Morgan fingerprint density at radius 2 is 2.36 bits per heavy atom. The Hall–Kier alpha value is -2.11. The molecule has 0 atom stereocenters. The molecule has 0 bridgehead atoms. The fourth-order valence-electron chi connectivity index (χ4n) is 0.998. The number of nitrogens with zero attached hydrogens (tertiary/aromatic N) is 3. The number of anilines is 1. The molecule has 4 heteroatoms. The summed E-state index contributed by atoms with van der Waals surface area (Å²) >= 11 is 0. The van der Waals surface area contributed by atoms with E-state index in [1.165, 1.54) is 0 Å². The number of nitrogen functional groups attached to an aromatic ring is 1. The first-order valence-corrected chi connectivity index (χ1v) is 4.10. The molecule has 0 fully saturated rings. The summed E-state index contributed by atoms with van der Waals surface area (Å²) in [5.41, 5.74) is 16.3. The van der Waals surface area contributed by atoms with Gasteiger partial charge in [-0.1, -0.05) is 23.0 Å². The quantitative estimate of drug-likeness (QED) is 0.236. The number of rotatable bonds is 1. The summed E-state index contributed by atoms with van der Waals surface area (Å²) in [7, 11) is 0. The minimum Gasteiger partial charge on any atom is -0.398 e. The second-order valence-corrected chi connectivity index (χ2v) is 2.78. The zero-order valence-electron chi connectivity index (χ0n) is 7.86. The fraction of sp³-hybridized carbons (Fsp3) is 0.200. The predicted octanol–water partition coefficient (Wildman–Crippen LogP) is 2.24. The highest BCUT2D eigenvalue weighted by molar-refractivity contribution is 5.57. The van der Waals surface area contributed by atoms with Crippen molar-refractivity contribution in [1.82, 2.24) is 0 Å². The normalized spacial score (nSPS) is 8.36. The molecule has 0 spiro atoms. The average Bonchev–Trinajstić information content (AvgIpc) is 2.15. The van der Waals surface area contributed by atoms with Gasteiger partial charge in [-0.15, -0.1) is 0 Å². The second-order valence-electron chi connectivity index (χ2n) is 2.78. The molecular formula is C10H10N4. The molecule has 14 heavy (non-hydrogen) atoms. The maximum absolute atomic E-state index is 8.02. The first kappa shape index (κ1) is 9.97.